The van der Waals surface area contributed by atoms with E-state index in [0.29, 0.717) is 35.1 Å². The number of rotatable bonds is 5. The van der Waals surface area contributed by atoms with Crippen LogP contribution in [0.4, 0.5) is 5.69 Å². The van der Waals surface area contributed by atoms with Crippen LogP contribution in [0.15, 0.2) is 34.9 Å². The first-order valence-electron chi connectivity index (χ1n) is 7.17. The van der Waals surface area contributed by atoms with Crippen LogP contribution in [0.5, 0.6) is 0 Å². The van der Waals surface area contributed by atoms with Gasteiger partial charge < -0.3 is 14.8 Å². The Kier molecular flexibility index (Phi) is 5.89. The van der Waals surface area contributed by atoms with E-state index in [2.05, 4.69) is 5.32 Å². The number of esters is 1. The van der Waals surface area contributed by atoms with Gasteiger partial charge in [-0.05, 0) is 31.5 Å². The highest BCUT2D eigenvalue weighted by atomic mass is 32.2. The number of anilines is 1. The predicted molar refractivity (Wildman–Crippen MR) is 86.8 cm³/mol. The second-order valence-electron chi connectivity index (χ2n) is 4.75. The molecule has 1 aromatic carbocycles. The van der Waals surface area contributed by atoms with Gasteiger partial charge in [-0.25, -0.2) is 4.79 Å². The number of hydrogen-bond donors (Lipinski definition) is 1. The molecule has 1 aliphatic rings. The molecule has 0 atom stereocenters. The van der Waals surface area contributed by atoms with Crippen LogP contribution < -0.4 is 5.32 Å². The van der Waals surface area contributed by atoms with Gasteiger partial charge in [-0.3, -0.25) is 4.79 Å². The van der Waals surface area contributed by atoms with Crippen molar-refractivity contribution < 1.29 is 19.1 Å². The van der Waals surface area contributed by atoms with Crippen molar-refractivity contribution >= 4 is 29.3 Å². The minimum atomic E-state index is -0.385. The summed E-state index contributed by atoms with van der Waals surface area (Å²) in [6.07, 6.45) is 0.771. The molecule has 1 amide bonds. The maximum absolute atomic E-state index is 12.2. The quantitative estimate of drug-likeness (QED) is 0.844. The number of ether oxygens (including phenoxy) is 2. The van der Waals surface area contributed by atoms with Gasteiger partial charge in [0.15, 0.2) is 0 Å². The molecule has 6 heteroatoms. The van der Waals surface area contributed by atoms with Crippen LogP contribution in [-0.2, 0) is 14.3 Å². The molecule has 0 saturated carbocycles. The van der Waals surface area contributed by atoms with E-state index in [1.807, 2.05) is 6.92 Å². The molecule has 2 rings (SSSR count). The highest BCUT2D eigenvalue weighted by Crippen LogP contribution is 2.26. The van der Waals surface area contributed by atoms with E-state index in [4.69, 9.17) is 9.47 Å². The first-order chi connectivity index (χ1) is 10.6. The highest BCUT2D eigenvalue weighted by Gasteiger charge is 2.19. The summed E-state index contributed by atoms with van der Waals surface area (Å²) in [6, 6.07) is 6.72. The van der Waals surface area contributed by atoms with Crippen LogP contribution in [0.2, 0.25) is 0 Å². The number of thioether (sulfide) groups is 1. The summed E-state index contributed by atoms with van der Waals surface area (Å²) in [5, 5.41) is 2.79. The number of carbonyl (C=O) groups excluding carboxylic acids is 2. The van der Waals surface area contributed by atoms with Crippen molar-refractivity contribution in [3.63, 3.8) is 0 Å². The molecule has 1 aromatic rings. The Hall–Kier alpha value is -1.95. The highest BCUT2D eigenvalue weighted by molar-refractivity contribution is 8.04. The fourth-order valence-electron chi connectivity index (χ4n) is 1.92. The number of benzene rings is 1. The van der Waals surface area contributed by atoms with Gasteiger partial charge in [-0.2, -0.15) is 0 Å². The number of amides is 1. The third-order valence-electron chi connectivity index (χ3n) is 2.97. The standard InChI is InChI=1S/C16H19NO4S/c1-3-7-21-16(19)12-5-4-6-13(10-12)17-15(18)14-11(2)20-8-9-22-14/h4-6,10H,3,7-9H2,1-2H3,(H,17,18). The van der Waals surface area contributed by atoms with Crippen molar-refractivity contribution in [2.75, 3.05) is 24.3 Å². The molecule has 5 nitrogen and oxygen atoms in total. The van der Waals surface area contributed by atoms with Crippen LogP contribution in [0.3, 0.4) is 0 Å². The zero-order valence-electron chi connectivity index (χ0n) is 12.7. The lowest BCUT2D eigenvalue weighted by Crippen LogP contribution is -2.18. The SMILES string of the molecule is CCCOC(=O)c1cccc(NC(=O)C2=C(C)OCCS2)c1. The fourth-order valence-corrected chi connectivity index (χ4v) is 2.74. The monoisotopic (exact) mass is 321 g/mol. The Morgan fingerprint density at radius 1 is 1.41 bits per heavy atom. The van der Waals surface area contributed by atoms with Gasteiger partial charge in [0.2, 0.25) is 0 Å². The molecule has 1 aliphatic heterocycles. The number of hydrogen-bond acceptors (Lipinski definition) is 5. The van der Waals surface area contributed by atoms with Crippen molar-refractivity contribution in [3.8, 4) is 0 Å². The zero-order valence-corrected chi connectivity index (χ0v) is 13.5. The Balaban J connectivity index is 2.07. The molecule has 0 aliphatic carbocycles. The normalized spacial score (nSPS) is 14.3. The molecule has 0 aromatic heterocycles. The van der Waals surface area contributed by atoms with Gasteiger partial charge >= 0.3 is 5.97 Å². The van der Waals surface area contributed by atoms with Gasteiger partial charge in [0.05, 0.1) is 18.8 Å². The maximum atomic E-state index is 12.2. The van der Waals surface area contributed by atoms with Crippen molar-refractivity contribution in [3.05, 3.63) is 40.5 Å². The third kappa shape index (κ3) is 4.27. The fraction of sp³-hybridized carbons (Fsp3) is 0.375. The molecule has 0 fully saturated rings. The lowest BCUT2D eigenvalue weighted by Gasteiger charge is -2.17. The number of allylic oxidation sites excluding steroid dienone is 1. The molecule has 0 bridgehead atoms. The minimum Gasteiger partial charge on any atom is -0.496 e. The third-order valence-corrected chi connectivity index (χ3v) is 4.10. The molecule has 118 valence electrons. The summed E-state index contributed by atoms with van der Waals surface area (Å²) >= 11 is 1.47. The average Bonchev–Trinajstić information content (AvgIpc) is 2.53. The van der Waals surface area contributed by atoms with Gasteiger partial charge in [0, 0.05) is 11.4 Å². The summed E-state index contributed by atoms with van der Waals surface area (Å²) in [5.74, 6) is 0.779. The molecular weight excluding hydrogens is 302 g/mol. The van der Waals surface area contributed by atoms with Crippen molar-refractivity contribution in [2.24, 2.45) is 0 Å². The Morgan fingerprint density at radius 3 is 2.95 bits per heavy atom. The summed E-state index contributed by atoms with van der Waals surface area (Å²) < 4.78 is 10.5. The first kappa shape index (κ1) is 16.4. The summed E-state index contributed by atoms with van der Waals surface area (Å²) in [7, 11) is 0. The number of carbonyl (C=O) groups is 2. The average molecular weight is 321 g/mol. The largest absolute Gasteiger partial charge is 0.496 e. The van der Waals surface area contributed by atoms with Crippen LogP contribution in [0.25, 0.3) is 0 Å². The molecule has 1 heterocycles. The van der Waals surface area contributed by atoms with E-state index < -0.39 is 0 Å². The second kappa shape index (κ2) is 7.89. The Labute approximate surface area is 134 Å². The van der Waals surface area contributed by atoms with Crippen molar-refractivity contribution in [1.29, 1.82) is 0 Å². The molecular formula is C16H19NO4S. The smallest absolute Gasteiger partial charge is 0.338 e. The summed E-state index contributed by atoms with van der Waals surface area (Å²) in [6.45, 7) is 4.71. The molecule has 0 saturated heterocycles. The van der Waals surface area contributed by atoms with Crippen LogP contribution in [0, 0.1) is 0 Å². The van der Waals surface area contributed by atoms with Gasteiger partial charge in [-0.15, -0.1) is 11.8 Å². The first-order valence-corrected chi connectivity index (χ1v) is 8.15. The van der Waals surface area contributed by atoms with Gasteiger partial charge in [-0.1, -0.05) is 13.0 Å². The molecule has 0 radical (unpaired) electrons. The molecule has 1 N–H and O–H groups in total. The lowest BCUT2D eigenvalue weighted by molar-refractivity contribution is -0.112. The van der Waals surface area contributed by atoms with E-state index in [9.17, 15) is 9.59 Å². The zero-order chi connectivity index (χ0) is 15.9. The van der Waals surface area contributed by atoms with Crippen molar-refractivity contribution in [1.82, 2.24) is 0 Å². The maximum Gasteiger partial charge on any atom is 0.338 e. The summed E-state index contributed by atoms with van der Waals surface area (Å²) in [5.41, 5.74) is 0.979. The molecule has 0 spiro atoms. The topological polar surface area (TPSA) is 64.6 Å². The number of nitrogens with one attached hydrogen (secondary N) is 1. The molecule has 0 unspecified atom stereocenters. The summed E-state index contributed by atoms with van der Waals surface area (Å²) in [4.78, 5) is 24.6. The van der Waals surface area contributed by atoms with Crippen LogP contribution in [-0.4, -0.2) is 30.8 Å². The van der Waals surface area contributed by atoms with E-state index in [-0.39, 0.29) is 11.9 Å². The molecule has 22 heavy (non-hydrogen) atoms. The van der Waals surface area contributed by atoms with E-state index in [1.54, 1.807) is 31.2 Å². The predicted octanol–water partition coefficient (Wildman–Crippen LogP) is 3.19. The second-order valence-corrected chi connectivity index (χ2v) is 5.86. The Bertz CT molecular complexity index is 598. The van der Waals surface area contributed by atoms with Gasteiger partial charge in [0.1, 0.15) is 10.7 Å². The van der Waals surface area contributed by atoms with E-state index in [1.165, 1.54) is 11.8 Å². The van der Waals surface area contributed by atoms with Crippen LogP contribution in [0.1, 0.15) is 30.6 Å². The van der Waals surface area contributed by atoms with Crippen LogP contribution >= 0.6 is 11.8 Å². The Morgan fingerprint density at radius 2 is 2.23 bits per heavy atom. The van der Waals surface area contributed by atoms with E-state index in [0.717, 1.165) is 12.2 Å². The van der Waals surface area contributed by atoms with Crippen molar-refractivity contribution in [2.45, 2.75) is 20.3 Å². The van der Waals surface area contributed by atoms with E-state index >= 15 is 0 Å². The van der Waals surface area contributed by atoms with Gasteiger partial charge in [0.25, 0.3) is 5.91 Å². The lowest BCUT2D eigenvalue weighted by atomic mass is 10.2. The minimum absolute atomic E-state index is 0.221.